The monoisotopic (exact) mass is 381 g/mol. The summed E-state index contributed by atoms with van der Waals surface area (Å²) in [6.45, 7) is 1.94. The van der Waals surface area contributed by atoms with Gasteiger partial charge < -0.3 is 4.74 Å². The fourth-order valence-corrected chi connectivity index (χ4v) is 5.26. The molecule has 4 atom stereocenters. The van der Waals surface area contributed by atoms with Gasteiger partial charge >= 0.3 is 0 Å². The Kier molecular flexibility index (Phi) is 4.39. The lowest BCUT2D eigenvalue weighted by atomic mass is 9.51. The maximum Gasteiger partial charge on any atom is 0.225 e. The van der Waals surface area contributed by atoms with Crippen molar-refractivity contribution in [3.8, 4) is 11.9 Å². The minimum Gasteiger partial charge on any atom is -0.481 e. The largest absolute Gasteiger partial charge is 0.481 e. The predicted octanol–water partition coefficient (Wildman–Crippen LogP) is 3.74. The average Bonchev–Trinajstić information content (AvgIpc) is 2.70. The van der Waals surface area contributed by atoms with Crippen LogP contribution in [0.3, 0.4) is 0 Å². The zero-order valence-electron chi connectivity index (χ0n) is 15.3. The van der Waals surface area contributed by atoms with Crippen molar-refractivity contribution in [2.75, 3.05) is 7.11 Å². The number of benzene rings is 1. The highest BCUT2D eigenvalue weighted by atomic mass is 35.5. The number of fused-ring (bicyclic) bond motifs is 3. The molecule has 2 aliphatic carbocycles. The van der Waals surface area contributed by atoms with Gasteiger partial charge in [0.15, 0.2) is 5.78 Å². The Morgan fingerprint density at radius 3 is 2.70 bits per heavy atom. The number of rotatable bonds is 2. The maximum atomic E-state index is 12.8. The van der Waals surface area contributed by atoms with Gasteiger partial charge in [-0.2, -0.15) is 10.2 Å². The Balaban J connectivity index is 2.05. The van der Waals surface area contributed by atoms with Crippen molar-refractivity contribution in [1.29, 1.82) is 5.26 Å². The number of ketones is 1. The predicted molar refractivity (Wildman–Crippen MR) is 101 cm³/mol. The van der Waals surface area contributed by atoms with Gasteiger partial charge in [-0.1, -0.05) is 37.3 Å². The van der Waals surface area contributed by atoms with E-state index in [2.05, 4.69) is 28.2 Å². The van der Waals surface area contributed by atoms with Gasteiger partial charge in [0.05, 0.1) is 18.9 Å². The van der Waals surface area contributed by atoms with Crippen LogP contribution in [0.5, 0.6) is 5.88 Å². The highest BCUT2D eigenvalue weighted by molar-refractivity contribution is 6.28. The lowest BCUT2D eigenvalue weighted by molar-refractivity contribution is -0.131. The molecule has 0 aliphatic heterocycles. The Labute approximate surface area is 163 Å². The summed E-state index contributed by atoms with van der Waals surface area (Å²) in [4.78, 5) is 21.7. The topological polar surface area (TPSA) is 75.9 Å². The summed E-state index contributed by atoms with van der Waals surface area (Å²) in [5.41, 5.74) is 2.25. The molecule has 0 spiro atoms. The standard InChI is InChI=1S/C21H20ClN3O2/c1-12-16-9-8-15-18(24-20(22)25-19(15)27-2)21(16,10-13(11-23)17(12)26)14-6-4-3-5-7-14/h3-7,12-13,16H,8-10H2,1-2H3/t12-,13?,16-,21-/m0/s1. The summed E-state index contributed by atoms with van der Waals surface area (Å²) in [6.07, 6.45) is 1.95. The first-order chi connectivity index (χ1) is 13.0. The number of carbonyl (C=O) groups excluding carboxylic acids is 1. The molecule has 1 saturated carbocycles. The summed E-state index contributed by atoms with van der Waals surface area (Å²) < 4.78 is 5.49. The highest BCUT2D eigenvalue weighted by Gasteiger charge is 2.56. The lowest BCUT2D eigenvalue weighted by Gasteiger charge is -2.51. The van der Waals surface area contributed by atoms with Crippen LogP contribution in [0.15, 0.2) is 30.3 Å². The van der Waals surface area contributed by atoms with Crippen LogP contribution in [0.4, 0.5) is 0 Å². The summed E-state index contributed by atoms with van der Waals surface area (Å²) in [7, 11) is 1.57. The van der Waals surface area contributed by atoms with Gasteiger partial charge in [0.2, 0.25) is 11.2 Å². The van der Waals surface area contributed by atoms with Crippen LogP contribution in [-0.4, -0.2) is 22.9 Å². The molecule has 1 aromatic carbocycles. The van der Waals surface area contributed by atoms with Crippen LogP contribution in [-0.2, 0) is 16.6 Å². The van der Waals surface area contributed by atoms with Crippen LogP contribution in [0.2, 0.25) is 5.28 Å². The van der Waals surface area contributed by atoms with Crippen molar-refractivity contribution >= 4 is 17.4 Å². The average molecular weight is 382 g/mol. The molecule has 0 amide bonds. The molecule has 1 fully saturated rings. The molecule has 1 unspecified atom stereocenters. The molecule has 2 aliphatic rings. The van der Waals surface area contributed by atoms with Crippen LogP contribution in [0.1, 0.15) is 36.6 Å². The number of nitriles is 1. The summed E-state index contributed by atoms with van der Waals surface area (Å²) in [5, 5.41) is 9.80. The molecular formula is C21H20ClN3O2. The summed E-state index contributed by atoms with van der Waals surface area (Å²) in [6, 6.07) is 12.3. The van der Waals surface area contributed by atoms with Gasteiger partial charge in [0.25, 0.3) is 0 Å². The molecule has 0 saturated heterocycles. The van der Waals surface area contributed by atoms with E-state index in [-0.39, 0.29) is 22.9 Å². The lowest BCUT2D eigenvalue weighted by Crippen LogP contribution is -2.53. The number of carbonyl (C=O) groups is 1. The Bertz CT molecular complexity index is 940. The third kappa shape index (κ3) is 2.55. The molecule has 1 heterocycles. The first-order valence-corrected chi connectivity index (χ1v) is 9.50. The van der Waals surface area contributed by atoms with Crippen LogP contribution >= 0.6 is 11.6 Å². The normalized spacial score (nSPS) is 29.4. The van der Waals surface area contributed by atoms with E-state index in [4.69, 9.17) is 16.3 Å². The molecule has 4 rings (SSSR count). The van der Waals surface area contributed by atoms with E-state index in [0.717, 1.165) is 29.7 Å². The summed E-state index contributed by atoms with van der Waals surface area (Å²) in [5.74, 6) is -0.319. The molecule has 2 aromatic rings. The van der Waals surface area contributed by atoms with E-state index in [1.165, 1.54) is 0 Å². The number of ether oxygens (including phenoxy) is 1. The number of aromatic nitrogens is 2. The zero-order chi connectivity index (χ0) is 19.2. The Morgan fingerprint density at radius 1 is 1.30 bits per heavy atom. The number of hydrogen-bond donors (Lipinski definition) is 0. The Hall–Kier alpha value is -2.45. The van der Waals surface area contributed by atoms with Crippen LogP contribution in [0, 0.1) is 29.1 Å². The van der Waals surface area contributed by atoms with Crippen molar-refractivity contribution in [3.63, 3.8) is 0 Å². The molecule has 0 radical (unpaired) electrons. The number of halogens is 1. The van der Waals surface area contributed by atoms with E-state index in [0.29, 0.717) is 12.3 Å². The van der Waals surface area contributed by atoms with Gasteiger partial charge in [-0.25, -0.2) is 4.98 Å². The van der Waals surface area contributed by atoms with E-state index in [1.54, 1.807) is 7.11 Å². The second kappa shape index (κ2) is 6.61. The number of hydrogen-bond acceptors (Lipinski definition) is 5. The zero-order valence-corrected chi connectivity index (χ0v) is 16.0. The molecule has 0 bridgehead atoms. The van der Waals surface area contributed by atoms with Gasteiger partial charge in [0, 0.05) is 16.9 Å². The molecule has 138 valence electrons. The molecule has 1 aromatic heterocycles. The van der Waals surface area contributed by atoms with Crippen molar-refractivity contribution < 1.29 is 9.53 Å². The quantitative estimate of drug-likeness (QED) is 0.741. The van der Waals surface area contributed by atoms with Gasteiger partial charge in [-0.05, 0) is 42.3 Å². The van der Waals surface area contributed by atoms with E-state index in [1.807, 2.05) is 25.1 Å². The fourth-order valence-electron chi connectivity index (χ4n) is 5.10. The van der Waals surface area contributed by atoms with E-state index >= 15 is 0 Å². The SMILES string of the molecule is COc1nc(Cl)nc2c1CC[C@H]1[C@H](C)C(=O)C(C#N)C[C@@]21c1ccccc1. The maximum absolute atomic E-state index is 12.8. The second-order valence-corrected chi connectivity index (χ2v) is 7.73. The third-order valence-electron chi connectivity index (χ3n) is 6.26. The minimum atomic E-state index is -0.665. The number of methoxy groups -OCH3 is 1. The second-order valence-electron chi connectivity index (χ2n) is 7.39. The van der Waals surface area contributed by atoms with Crippen molar-refractivity contribution in [3.05, 3.63) is 52.4 Å². The smallest absolute Gasteiger partial charge is 0.225 e. The van der Waals surface area contributed by atoms with Crippen LogP contribution < -0.4 is 4.74 Å². The molecule has 27 heavy (non-hydrogen) atoms. The number of Topliss-reactive ketones (excluding diaryl/α,β-unsaturated/α-hetero) is 1. The first kappa shape index (κ1) is 17.9. The van der Waals surface area contributed by atoms with Crippen molar-refractivity contribution in [2.24, 2.45) is 17.8 Å². The van der Waals surface area contributed by atoms with Gasteiger partial charge in [-0.3, -0.25) is 4.79 Å². The van der Waals surface area contributed by atoms with Crippen molar-refractivity contribution in [1.82, 2.24) is 9.97 Å². The molecule has 6 heteroatoms. The first-order valence-electron chi connectivity index (χ1n) is 9.12. The summed E-state index contributed by atoms with van der Waals surface area (Å²) >= 11 is 6.24. The minimum absolute atomic E-state index is 0.0321. The molecular weight excluding hydrogens is 362 g/mol. The van der Waals surface area contributed by atoms with Gasteiger partial charge in [-0.15, -0.1) is 0 Å². The highest BCUT2D eigenvalue weighted by Crippen LogP contribution is 2.56. The Morgan fingerprint density at radius 2 is 2.04 bits per heavy atom. The van der Waals surface area contributed by atoms with E-state index < -0.39 is 11.3 Å². The molecule has 5 nitrogen and oxygen atoms in total. The number of nitrogens with zero attached hydrogens (tertiary/aromatic N) is 3. The molecule has 0 N–H and O–H groups in total. The third-order valence-corrected chi connectivity index (χ3v) is 6.43. The van der Waals surface area contributed by atoms with E-state index in [9.17, 15) is 10.1 Å². The van der Waals surface area contributed by atoms with Crippen molar-refractivity contribution in [2.45, 2.75) is 31.6 Å². The fraction of sp³-hybridized carbons (Fsp3) is 0.429. The van der Waals surface area contributed by atoms with Gasteiger partial charge in [0.1, 0.15) is 5.92 Å². The van der Waals surface area contributed by atoms with Crippen LogP contribution in [0.25, 0.3) is 0 Å².